The van der Waals surface area contributed by atoms with Crippen molar-refractivity contribution in [2.45, 2.75) is 24.9 Å². The van der Waals surface area contributed by atoms with Crippen molar-refractivity contribution in [3.8, 4) is 0 Å². The summed E-state index contributed by atoms with van der Waals surface area (Å²) in [5.74, 6) is -1.54. The van der Waals surface area contributed by atoms with Gasteiger partial charge >= 0.3 is 6.18 Å². The number of fused-ring (bicyclic) bond motifs is 1. The van der Waals surface area contributed by atoms with Gasteiger partial charge in [-0.25, -0.2) is 4.39 Å². The first kappa shape index (κ1) is 14.9. The number of alkyl halides is 3. The van der Waals surface area contributed by atoms with Crippen LogP contribution in [0, 0.1) is 5.82 Å². The summed E-state index contributed by atoms with van der Waals surface area (Å²) in [7, 11) is 0. The zero-order chi connectivity index (χ0) is 15.9. The molecule has 0 spiro atoms. The second-order valence-electron chi connectivity index (χ2n) is 4.96. The van der Waals surface area contributed by atoms with E-state index < -0.39 is 30.0 Å². The fourth-order valence-electron chi connectivity index (χ4n) is 2.50. The molecule has 118 valence electrons. The van der Waals surface area contributed by atoms with Gasteiger partial charge < -0.3 is 15.0 Å². The van der Waals surface area contributed by atoms with Crippen molar-refractivity contribution in [3.05, 3.63) is 47.3 Å². The van der Waals surface area contributed by atoms with Crippen LogP contribution in [-0.4, -0.2) is 26.4 Å². The smallest absolute Gasteiger partial charge is 0.386 e. The Kier molecular flexibility index (Phi) is 3.61. The number of rotatable bonds is 2. The van der Waals surface area contributed by atoms with Gasteiger partial charge in [0.05, 0.1) is 6.04 Å². The van der Waals surface area contributed by atoms with Gasteiger partial charge in [0.2, 0.25) is 5.82 Å². The predicted octanol–water partition coefficient (Wildman–Crippen LogP) is 1.81. The molecule has 1 aliphatic rings. The minimum atomic E-state index is -4.60. The lowest BCUT2D eigenvalue weighted by atomic mass is 10.0. The van der Waals surface area contributed by atoms with Gasteiger partial charge in [0.15, 0.2) is 5.82 Å². The van der Waals surface area contributed by atoms with E-state index in [1.807, 2.05) is 0 Å². The summed E-state index contributed by atoms with van der Waals surface area (Å²) in [5, 5.41) is 20.0. The molecule has 9 heteroatoms. The van der Waals surface area contributed by atoms with E-state index in [-0.39, 0.29) is 18.9 Å². The standard InChI is InChI=1S/C13H12F4N4O/c14-8-3-1-7(2-4-8)10(22)9-11-19-20-12(13(15,16)17)21(11)6-5-18-9/h1-4,9-10,18,22H,5-6H2. The molecular formula is C13H12F4N4O. The summed E-state index contributed by atoms with van der Waals surface area (Å²) < 4.78 is 52.4. The molecule has 0 aliphatic carbocycles. The van der Waals surface area contributed by atoms with E-state index in [1.54, 1.807) is 0 Å². The van der Waals surface area contributed by atoms with Gasteiger partial charge in [-0.3, -0.25) is 0 Å². The normalized spacial score (nSPS) is 19.8. The first-order valence-corrected chi connectivity index (χ1v) is 6.55. The maximum atomic E-state index is 12.9. The summed E-state index contributed by atoms with van der Waals surface area (Å²) in [6, 6.07) is 4.26. The molecule has 22 heavy (non-hydrogen) atoms. The summed E-state index contributed by atoms with van der Waals surface area (Å²) >= 11 is 0. The van der Waals surface area contributed by atoms with E-state index in [4.69, 9.17) is 0 Å². The molecule has 1 aliphatic heterocycles. The lowest BCUT2D eigenvalue weighted by Gasteiger charge is -2.29. The monoisotopic (exact) mass is 316 g/mol. The second kappa shape index (κ2) is 5.33. The van der Waals surface area contributed by atoms with Crippen molar-refractivity contribution in [1.29, 1.82) is 0 Å². The largest absolute Gasteiger partial charge is 0.451 e. The van der Waals surface area contributed by atoms with Gasteiger partial charge in [-0.2, -0.15) is 13.2 Å². The predicted molar refractivity (Wildman–Crippen MR) is 67.1 cm³/mol. The molecule has 2 N–H and O–H groups in total. The van der Waals surface area contributed by atoms with E-state index >= 15 is 0 Å². The molecule has 2 heterocycles. The number of benzene rings is 1. The third-order valence-corrected chi connectivity index (χ3v) is 3.54. The number of aliphatic hydroxyl groups excluding tert-OH is 1. The summed E-state index contributed by atoms with van der Waals surface area (Å²) in [5.41, 5.74) is 0.379. The molecular weight excluding hydrogens is 304 g/mol. The first-order chi connectivity index (χ1) is 10.4. The Morgan fingerprint density at radius 1 is 1.23 bits per heavy atom. The molecule has 0 saturated carbocycles. The van der Waals surface area contributed by atoms with Crippen molar-refractivity contribution in [1.82, 2.24) is 20.1 Å². The Balaban J connectivity index is 1.95. The Bertz CT molecular complexity index is 668. The molecule has 0 amide bonds. The molecule has 1 aromatic carbocycles. The second-order valence-corrected chi connectivity index (χ2v) is 4.96. The average Bonchev–Trinajstić information content (AvgIpc) is 2.91. The van der Waals surface area contributed by atoms with Crippen LogP contribution in [0.5, 0.6) is 0 Å². The van der Waals surface area contributed by atoms with E-state index in [1.165, 1.54) is 24.3 Å². The number of hydrogen-bond donors (Lipinski definition) is 2. The minimum Gasteiger partial charge on any atom is -0.386 e. The molecule has 0 saturated heterocycles. The van der Waals surface area contributed by atoms with Crippen LogP contribution in [0.1, 0.15) is 29.4 Å². The lowest BCUT2D eigenvalue weighted by molar-refractivity contribution is -0.147. The molecule has 2 atom stereocenters. The summed E-state index contributed by atoms with van der Waals surface area (Å²) in [6.07, 6.45) is -5.77. The quantitative estimate of drug-likeness (QED) is 0.830. The molecule has 0 radical (unpaired) electrons. The molecule has 1 aromatic heterocycles. The van der Waals surface area contributed by atoms with Crippen molar-refractivity contribution in [2.24, 2.45) is 0 Å². The van der Waals surface area contributed by atoms with Gasteiger partial charge in [-0.1, -0.05) is 12.1 Å². The molecule has 5 nitrogen and oxygen atoms in total. The zero-order valence-corrected chi connectivity index (χ0v) is 11.2. The van der Waals surface area contributed by atoms with E-state index in [0.29, 0.717) is 5.56 Å². The van der Waals surface area contributed by atoms with Crippen LogP contribution in [0.3, 0.4) is 0 Å². The van der Waals surface area contributed by atoms with Crippen LogP contribution in [0.25, 0.3) is 0 Å². The van der Waals surface area contributed by atoms with Gasteiger partial charge in [0.25, 0.3) is 0 Å². The highest BCUT2D eigenvalue weighted by Gasteiger charge is 2.41. The summed E-state index contributed by atoms with van der Waals surface area (Å²) in [4.78, 5) is 0. The van der Waals surface area contributed by atoms with Crippen LogP contribution < -0.4 is 5.32 Å². The zero-order valence-electron chi connectivity index (χ0n) is 11.2. The molecule has 3 rings (SSSR count). The third kappa shape index (κ3) is 2.57. The van der Waals surface area contributed by atoms with Crippen molar-refractivity contribution in [3.63, 3.8) is 0 Å². The average molecular weight is 316 g/mol. The highest BCUT2D eigenvalue weighted by Crippen LogP contribution is 2.34. The molecule has 0 fully saturated rings. The van der Waals surface area contributed by atoms with Crippen LogP contribution in [-0.2, 0) is 12.7 Å². The van der Waals surface area contributed by atoms with E-state index in [2.05, 4.69) is 15.5 Å². The van der Waals surface area contributed by atoms with Crippen molar-refractivity contribution < 1.29 is 22.7 Å². The molecule has 2 unspecified atom stereocenters. The highest BCUT2D eigenvalue weighted by atomic mass is 19.4. The van der Waals surface area contributed by atoms with Crippen LogP contribution in [0.2, 0.25) is 0 Å². The number of aromatic nitrogens is 3. The molecule has 2 aromatic rings. The van der Waals surface area contributed by atoms with Gasteiger partial charge in [0.1, 0.15) is 11.9 Å². The number of aliphatic hydroxyl groups is 1. The van der Waals surface area contributed by atoms with Crippen molar-refractivity contribution in [2.75, 3.05) is 6.54 Å². The van der Waals surface area contributed by atoms with Crippen molar-refractivity contribution >= 4 is 0 Å². The van der Waals surface area contributed by atoms with Gasteiger partial charge in [-0.05, 0) is 17.7 Å². The number of nitrogens with zero attached hydrogens (tertiary/aromatic N) is 3. The fourth-order valence-corrected chi connectivity index (χ4v) is 2.50. The van der Waals surface area contributed by atoms with Crippen LogP contribution in [0.4, 0.5) is 17.6 Å². The topological polar surface area (TPSA) is 63.0 Å². The first-order valence-electron chi connectivity index (χ1n) is 6.55. The number of hydrogen-bond acceptors (Lipinski definition) is 4. The maximum Gasteiger partial charge on any atom is 0.451 e. The fraction of sp³-hybridized carbons (Fsp3) is 0.385. The Hall–Kier alpha value is -2.00. The molecule has 0 bridgehead atoms. The van der Waals surface area contributed by atoms with Crippen LogP contribution in [0.15, 0.2) is 24.3 Å². The Morgan fingerprint density at radius 3 is 2.55 bits per heavy atom. The SMILES string of the molecule is OC(c1ccc(F)cc1)C1NCCn2c1nnc2C(F)(F)F. The van der Waals surface area contributed by atoms with Gasteiger partial charge in [0, 0.05) is 13.1 Å². The number of nitrogens with one attached hydrogen (secondary N) is 1. The van der Waals surface area contributed by atoms with E-state index in [9.17, 15) is 22.7 Å². The lowest BCUT2D eigenvalue weighted by Crippen LogP contribution is -2.38. The Labute approximate surface area is 122 Å². The number of halogens is 4. The maximum absolute atomic E-state index is 12.9. The van der Waals surface area contributed by atoms with Gasteiger partial charge in [-0.15, -0.1) is 10.2 Å². The highest BCUT2D eigenvalue weighted by molar-refractivity contribution is 5.22. The summed E-state index contributed by atoms with van der Waals surface area (Å²) in [6.45, 7) is 0.293. The van der Waals surface area contributed by atoms with Crippen LogP contribution >= 0.6 is 0 Å². The minimum absolute atomic E-state index is 0.00963. The third-order valence-electron chi connectivity index (χ3n) is 3.54. The Morgan fingerprint density at radius 2 is 1.91 bits per heavy atom. The van der Waals surface area contributed by atoms with E-state index in [0.717, 1.165) is 4.57 Å².